The molecule has 0 N–H and O–H groups in total. The van der Waals surface area contributed by atoms with Crippen molar-refractivity contribution in [1.82, 2.24) is 4.98 Å². The summed E-state index contributed by atoms with van der Waals surface area (Å²) in [6.45, 7) is 0.767. The Balaban J connectivity index is 2.15. The number of fused-ring (bicyclic) bond motifs is 1. The van der Waals surface area contributed by atoms with Gasteiger partial charge in [-0.1, -0.05) is 28.1 Å². The van der Waals surface area contributed by atoms with Gasteiger partial charge in [-0.05, 0) is 23.9 Å². The molecule has 3 nitrogen and oxygen atoms in total. The van der Waals surface area contributed by atoms with Gasteiger partial charge in [0.1, 0.15) is 0 Å². The number of aromatic nitrogens is 1. The molecular formula is C13H11BrN2O. The molecule has 0 spiro atoms. The van der Waals surface area contributed by atoms with Crippen molar-refractivity contribution < 1.29 is 4.79 Å². The highest BCUT2D eigenvalue weighted by molar-refractivity contribution is 9.10. The van der Waals surface area contributed by atoms with Crippen LogP contribution in [0.4, 0.5) is 5.69 Å². The molecule has 17 heavy (non-hydrogen) atoms. The highest BCUT2D eigenvalue weighted by atomic mass is 79.9. The van der Waals surface area contributed by atoms with Crippen LogP contribution >= 0.6 is 15.9 Å². The molecule has 1 atom stereocenters. The van der Waals surface area contributed by atoms with Gasteiger partial charge in [-0.15, -0.1) is 0 Å². The van der Waals surface area contributed by atoms with Crippen LogP contribution in [0, 0.1) is 0 Å². The minimum atomic E-state index is -0.0468. The predicted molar refractivity (Wildman–Crippen MR) is 71.4 cm³/mol. The number of hydrogen-bond donors (Lipinski definition) is 0. The van der Waals surface area contributed by atoms with Gasteiger partial charge < -0.3 is 4.90 Å². The first-order valence-corrected chi connectivity index (χ1v) is 6.47. The summed E-state index contributed by atoms with van der Waals surface area (Å²) >= 11 is 3.40. The summed E-state index contributed by atoms with van der Waals surface area (Å²) in [7, 11) is 0. The minimum absolute atomic E-state index is 0.0468. The maximum absolute atomic E-state index is 12.0. The normalized spacial score (nSPS) is 20.2. The average Bonchev–Trinajstić information content (AvgIpc) is 2.69. The van der Waals surface area contributed by atoms with Gasteiger partial charge in [0.15, 0.2) is 0 Å². The first kappa shape index (κ1) is 10.7. The number of amides is 1. The summed E-state index contributed by atoms with van der Waals surface area (Å²) in [4.78, 5) is 17.9. The van der Waals surface area contributed by atoms with E-state index in [4.69, 9.17) is 0 Å². The molecular weight excluding hydrogens is 280 g/mol. The van der Waals surface area contributed by atoms with Crippen LogP contribution in [0.1, 0.15) is 6.42 Å². The molecule has 1 aliphatic rings. The predicted octanol–water partition coefficient (Wildman–Crippen LogP) is 2.74. The van der Waals surface area contributed by atoms with E-state index in [1.165, 1.54) is 0 Å². The molecule has 2 aromatic rings. The first-order chi connectivity index (χ1) is 8.27. The third-order valence-electron chi connectivity index (χ3n) is 3.09. The number of pyridine rings is 1. The molecule has 0 bridgehead atoms. The number of nitrogens with zero attached hydrogens (tertiary/aromatic N) is 2. The number of benzene rings is 1. The van der Waals surface area contributed by atoms with E-state index in [2.05, 4.69) is 20.9 Å². The van der Waals surface area contributed by atoms with Gasteiger partial charge in [-0.2, -0.15) is 0 Å². The third kappa shape index (κ3) is 1.72. The van der Waals surface area contributed by atoms with E-state index in [-0.39, 0.29) is 10.7 Å². The second kappa shape index (κ2) is 4.11. The van der Waals surface area contributed by atoms with Crippen LogP contribution in [0.5, 0.6) is 0 Å². The minimum Gasteiger partial charge on any atom is -0.311 e. The van der Waals surface area contributed by atoms with Crippen molar-refractivity contribution in [1.29, 1.82) is 0 Å². The van der Waals surface area contributed by atoms with E-state index in [1.54, 1.807) is 6.20 Å². The standard InChI is InChI=1S/C13H11BrN2O/c14-11-5-7-16(13(11)17)12-3-1-2-9-4-6-15-8-10(9)12/h1-4,6,8,11H,5,7H2. The average molecular weight is 291 g/mol. The van der Waals surface area contributed by atoms with Crippen molar-refractivity contribution in [2.24, 2.45) is 0 Å². The fourth-order valence-corrected chi connectivity index (χ4v) is 2.67. The fraction of sp³-hybridized carbons (Fsp3) is 0.231. The molecule has 4 heteroatoms. The Labute approximate surface area is 108 Å². The molecule has 1 aliphatic heterocycles. The number of carbonyl (C=O) groups excluding carboxylic acids is 1. The lowest BCUT2D eigenvalue weighted by atomic mass is 10.1. The molecule has 86 valence electrons. The summed E-state index contributed by atoms with van der Waals surface area (Å²) in [5, 5.41) is 2.15. The van der Waals surface area contributed by atoms with Gasteiger partial charge in [-0.3, -0.25) is 9.78 Å². The van der Waals surface area contributed by atoms with Crippen molar-refractivity contribution >= 4 is 38.3 Å². The molecule has 1 unspecified atom stereocenters. The highest BCUT2D eigenvalue weighted by Gasteiger charge is 2.31. The smallest absolute Gasteiger partial charge is 0.240 e. The Hall–Kier alpha value is -1.42. The first-order valence-electron chi connectivity index (χ1n) is 5.55. The van der Waals surface area contributed by atoms with Crippen LogP contribution in [-0.2, 0) is 4.79 Å². The molecule has 0 radical (unpaired) electrons. The SMILES string of the molecule is O=C1C(Br)CCN1c1cccc2ccncc12. The molecule has 1 aromatic carbocycles. The van der Waals surface area contributed by atoms with Gasteiger partial charge in [0.25, 0.3) is 0 Å². The second-order valence-corrected chi connectivity index (χ2v) is 5.23. The number of rotatable bonds is 1. The summed E-state index contributed by atoms with van der Waals surface area (Å²) in [6.07, 6.45) is 4.44. The lowest BCUT2D eigenvalue weighted by Gasteiger charge is -2.18. The number of carbonyl (C=O) groups is 1. The molecule has 1 saturated heterocycles. The zero-order valence-electron chi connectivity index (χ0n) is 9.14. The Kier molecular flexibility index (Phi) is 2.59. The molecule has 2 heterocycles. The maximum Gasteiger partial charge on any atom is 0.240 e. The van der Waals surface area contributed by atoms with Gasteiger partial charge in [0, 0.05) is 24.3 Å². The largest absolute Gasteiger partial charge is 0.311 e. The summed E-state index contributed by atoms with van der Waals surface area (Å²) in [6, 6.07) is 7.96. The van der Waals surface area contributed by atoms with E-state index in [0.29, 0.717) is 0 Å². The zero-order chi connectivity index (χ0) is 11.8. The van der Waals surface area contributed by atoms with Crippen molar-refractivity contribution in [3.63, 3.8) is 0 Å². The van der Waals surface area contributed by atoms with Crippen molar-refractivity contribution in [2.75, 3.05) is 11.4 Å². The van der Waals surface area contributed by atoms with Crippen LogP contribution in [0.3, 0.4) is 0 Å². The number of hydrogen-bond acceptors (Lipinski definition) is 2. The van der Waals surface area contributed by atoms with Gasteiger partial charge >= 0.3 is 0 Å². The third-order valence-corrected chi connectivity index (χ3v) is 3.94. The molecule has 0 aliphatic carbocycles. The zero-order valence-corrected chi connectivity index (χ0v) is 10.7. The molecule has 1 aromatic heterocycles. The number of anilines is 1. The Bertz CT molecular complexity index is 579. The fourth-order valence-electron chi connectivity index (χ4n) is 2.22. The summed E-state index contributed by atoms with van der Waals surface area (Å²) in [5.74, 6) is 0.140. The molecule has 1 amide bonds. The number of halogens is 1. The molecule has 1 fully saturated rings. The lowest BCUT2D eigenvalue weighted by molar-refractivity contribution is -0.116. The van der Waals surface area contributed by atoms with Crippen LogP contribution in [0.2, 0.25) is 0 Å². The quantitative estimate of drug-likeness (QED) is 0.757. The van der Waals surface area contributed by atoms with Crippen molar-refractivity contribution in [3.8, 4) is 0 Å². The van der Waals surface area contributed by atoms with E-state index in [1.807, 2.05) is 35.4 Å². The van der Waals surface area contributed by atoms with Crippen molar-refractivity contribution in [3.05, 3.63) is 36.7 Å². The van der Waals surface area contributed by atoms with Crippen LogP contribution in [0.25, 0.3) is 10.8 Å². The lowest BCUT2D eigenvalue weighted by Crippen LogP contribution is -2.27. The van der Waals surface area contributed by atoms with Gasteiger partial charge in [0.2, 0.25) is 5.91 Å². The van der Waals surface area contributed by atoms with E-state index >= 15 is 0 Å². The summed E-state index contributed by atoms with van der Waals surface area (Å²) in [5.41, 5.74) is 0.961. The van der Waals surface area contributed by atoms with Gasteiger partial charge in [0.05, 0.1) is 10.5 Å². The molecule has 3 rings (SSSR count). The monoisotopic (exact) mass is 290 g/mol. The van der Waals surface area contributed by atoms with E-state index in [9.17, 15) is 4.79 Å². The molecule has 0 saturated carbocycles. The summed E-state index contributed by atoms with van der Waals surface area (Å²) < 4.78 is 0. The second-order valence-electron chi connectivity index (χ2n) is 4.12. The van der Waals surface area contributed by atoms with Crippen molar-refractivity contribution in [2.45, 2.75) is 11.2 Å². The number of alkyl halides is 1. The van der Waals surface area contributed by atoms with E-state index < -0.39 is 0 Å². The Morgan fingerprint density at radius 2 is 2.24 bits per heavy atom. The van der Waals surface area contributed by atoms with Crippen LogP contribution in [-0.4, -0.2) is 22.3 Å². The Morgan fingerprint density at radius 3 is 3.00 bits per heavy atom. The van der Waals surface area contributed by atoms with Crippen LogP contribution < -0.4 is 4.90 Å². The highest BCUT2D eigenvalue weighted by Crippen LogP contribution is 2.31. The Morgan fingerprint density at radius 1 is 1.35 bits per heavy atom. The maximum atomic E-state index is 12.0. The van der Waals surface area contributed by atoms with Crippen LogP contribution in [0.15, 0.2) is 36.7 Å². The van der Waals surface area contributed by atoms with E-state index in [0.717, 1.165) is 29.4 Å². The topological polar surface area (TPSA) is 33.2 Å². The van der Waals surface area contributed by atoms with Gasteiger partial charge in [-0.25, -0.2) is 0 Å².